The maximum absolute atomic E-state index is 9.46. The quantitative estimate of drug-likeness (QED) is 0.682. The minimum Gasteiger partial charge on any atom is -0.391 e. The van der Waals surface area contributed by atoms with E-state index in [4.69, 9.17) is 4.74 Å². The van der Waals surface area contributed by atoms with Crippen LogP contribution in [-0.4, -0.2) is 54.5 Å². The zero-order valence-corrected chi connectivity index (χ0v) is 10.7. The van der Waals surface area contributed by atoms with Gasteiger partial charge in [0.05, 0.1) is 12.7 Å². The van der Waals surface area contributed by atoms with Gasteiger partial charge in [0, 0.05) is 51.2 Å². The number of rotatable bonds is 6. The van der Waals surface area contributed by atoms with Crippen molar-refractivity contribution in [2.24, 2.45) is 0 Å². The van der Waals surface area contributed by atoms with Crippen LogP contribution in [0, 0.1) is 0 Å². The molecule has 100 valence electrons. The number of hydrogen-bond acceptors (Lipinski definition) is 6. The van der Waals surface area contributed by atoms with Gasteiger partial charge >= 0.3 is 0 Å². The van der Waals surface area contributed by atoms with E-state index >= 15 is 0 Å². The molecule has 6 nitrogen and oxygen atoms in total. The van der Waals surface area contributed by atoms with Gasteiger partial charge in [0.1, 0.15) is 0 Å². The summed E-state index contributed by atoms with van der Waals surface area (Å²) in [4.78, 5) is 10.7. The second-order valence-corrected chi connectivity index (χ2v) is 4.45. The van der Waals surface area contributed by atoms with Crippen LogP contribution in [0.4, 0.5) is 5.95 Å². The van der Waals surface area contributed by atoms with E-state index in [0.717, 1.165) is 31.6 Å². The SMILES string of the molecule is COCCNCc1cnc(N2CCC(O)C2)nc1. The van der Waals surface area contributed by atoms with Crippen LogP contribution in [0.2, 0.25) is 0 Å². The summed E-state index contributed by atoms with van der Waals surface area (Å²) in [6, 6.07) is 0. The number of aliphatic hydroxyl groups excluding tert-OH is 1. The molecule has 1 aromatic rings. The predicted octanol–water partition coefficient (Wildman–Crippen LogP) is -0.216. The molecule has 0 bridgehead atoms. The molecule has 1 aliphatic heterocycles. The summed E-state index contributed by atoms with van der Waals surface area (Å²) in [6.45, 7) is 3.71. The average molecular weight is 252 g/mol. The van der Waals surface area contributed by atoms with Gasteiger partial charge in [-0.25, -0.2) is 9.97 Å². The molecule has 18 heavy (non-hydrogen) atoms. The first-order valence-electron chi connectivity index (χ1n) is 6.23. The van der Waals surface area contributed by atoms with E-state index in [1.807, 2.05) is 17.3 Å². The third-order valence-corrected chi connectivity index (χ3v) is 2.95. The van der Waals surface area contributed by atoms with Crippen molar-refractivity contribution < 1.29 is 9.84 Å². The van der Waals surface area contributed by atoms with Crippen molar-refractivity contribution >= 4 is 5.95 Å². The second-order valence-electron chi connectivity index (χ2n) is 4.45. The van der Waals surface area contributed by atoms with Gasteiger partial charge in [0.2, 0.25) is 5.95 Å². The van der Waals surface area contributed by atoms with Gasteiger partial charge in [0.15, 0.2) is 0 Å². The van der Waals surface area contributed by atoms with Crippen molar-refractivity contribution in [2.75, 3.05) is 38.3 Å². The monoisotopic (exact) mass is 252 g/mol. The van der Waals surface area contributed by atoms with E-state index in [0.29, 0.717) is 19.1 Å². The third kappa shape index (κ3) is 3.63. The molecule has 1 unspecified atom stereocenters. The lowest BCUT2D eigenvalue weighted by Crippen LogP contribution is -2.23. The molecule has 1 aromatic heterocycles. The molecule has 0 saturated carbocycles. The van der Waals surface area contributed by atoms with Crippen molar-refractivity contribution in [3.63, 3.8) is 0 Å². The highest BCUT2D eigenvalue weighted by Gasteiger charge is 2.21. The molecule has 1 saturated heterocycles. The van der Waals surface area contributed by atoms with E-state index in [1.54, 1.807) is 7.11 Å². The van der Waals surface area contributed by atoms with Gasteiger partial charge < -0.3 is 20.1 Å². The van der Waals surface area contributed by atoms with Crippen molar-refractivity contribution in [1.82, 2.24) is 15.3 Å². The molecule has 0 radical (unpaired) electrons. The summed E-state index contributed by atoms with van der Waals surface area (Å²) in [5.41, 5.74) is 1.05. The Bertz CT molecular complexity index is 358. The average Bonchev–Trinajstić information content (AvgIpc) is 2.82. The fraction of sp³-hybridized carbons (Fsp3) is 0.667. The second kappa shape index (κ2) is 6.63. The third-order valence-electron chi connectivity index (χ3n) is 2.95. The van der Waals surface area contributed by atoms with Gasteiger partial charge in [-0.05, 0) is 6.42 Å². The molecule has 0 aromatic carbocycles. The topological polar surface area (TPSA) is 70.5 Å². The highest BCUT2D eigenvalue weighted by molar-refractivity contribution is 5.31. The minimum atomic E-state index is -0.246. The normalized spacial score (nSPS) is 19.4. The Kier molecular flexibility index (Phi) is 4.86. The van der Waals surface area contributed by atoms with Crippen LogP contribution in [0.25, 0.3) is 0 Å². The number of anilines is 1. The first-order valence-corrected chi connectivity index (χ1v) is 6.23. The zero-order chi connectivity index (χ0) is 12.8. The van der Waals surface area contributed by atoms with Crippen molar-refractivity contribution in [3.8, 4) is 0 Å². The fourth-order valence-electron chi connectivity index (χ4n) is 1.93. The van der Waals surface area contributed by atoms with E-state index < -0.39 is 0 Å². The number of β-amino-alcohol motifs (C(OH)–C–C–N with tert-alkyl or cyclic N) is 1. The predicted molar refractivity (Wildman–Crippen MR) is 68.5 cm³/mol. The molecular formula is C12H20N4O2. The smallest absolute Gasteiger partial charge is 0.225 e. The highest BCUT2D eigenvalue weighted by atomic mass is 16.5. The summed E-state index contributed by atoms with van der Waals surface area (Å²) in [5, 5.41) is 12.7. The molecule has 6 heteroatoms. The molecule has 2 N–H and O–H groups in total. The lowest BCUT2D eigenvalue weighted by molar-refractivity contribution is 0.198. The van der Waals surface area contributed by atoms with Crippen molar-refractivity contribution in [1.29, 1.82) is 0 Å². The Hall–Kier alpha value is -1.24. The number of hydrogen-bond donors (Lipinski definition) is 2. The number of aliphatic hydroxyl groups is 1. The first-order chi connectivity index (χ1) is 8.79. The maximum Gasteiger partial charge on any atom is 0.225 e. The van der Waals surface area contributed by atoms with Crippen LogP contribution in [0.5, 0.6) is 0 Å². The maximum atomic E-state index is 9.46. The number of nitrogens with one attached hydrogen (secondary N) is 1. The molecule has 0 aliphatic carbocycles. The van der Waals surface area contributed by atoms with Gasteiger partial charge in [0.25, 0.3) is 0 Å². The van der Waals surface area contributed by atoms with E-state index in [2.05, 4.69) is 15.3 Å². The van der Waals surface area contributed by atoms with Gasteiger partial charge in [-0.3, -0.25) is 0 Å². The summed E-state index contributed by atoms with van der Waals surface area (Å²) >= 11 is 0. The van der Waals surface area contributed by atoms with E-state index in [9.17, 15) is 5.11 Å². The summed E-state index contributed by atoms with van der Waals surface area (Å²) in [7, 11) is 1.68. The van der Waals surface area contributed by atoms with Crippen molar-refractivity contribution in [2.45, 2.75) is 19.1 Å². The largest absolute Gasteiger partial charge is 0.391 e. The Labute approximate surface area is 107 Å². The minimum absolute atomic E-state index is 0.246. The number of methoxy groups -OCH3 is 1. The summed E-state index contributed by atoms with van der Waals surface area (Å²) in [5.74, 6) is 0.701. The number of nitrogens with zero attached hydrogens (tertiary/aromatic N) is 3. The standard InChI is InChI=1S/C12H20N4O2/c1-18-5-3-13-6-10-7-14-12(15-8-10)16-4-2-11(17)9-16/h7-8,11,13,17H,2-6,9H2,1H3. The van der Waals surface area contributed by atoms with Crippen LogP contribution < -0.4 is 10.2 Å². The molecule has 1 atom stereocenters. The van der Waals surface area contributed by atoms with Gasteiger partial charge in [-0.2, -0.15) is 0 Å². The van der Waals surface area contributed by atoms with Gasteiger partial charge in [-0.1, -0.05) is 0 Å². The van der Waals surface area contributed by atoms with Crippen LogP contribution in [0.15, 0.2) is 12.4 Å². The van der Waals surface area contributed by atoms with Crippen LogP contribution in [0.3, 0.4) is 0 Å². The lowest BCUT2D eigenvalue weighted by Gasteiger charge is -2.15. The molecule has 2 heterocycles. The summed E-state index contributed by atoms with van der Waals surface area (Å²) in [6.07, 6.45) is 4.20. The Balaban J connectivity index is 1.82. The van der Waals surface area contributed by atoms with Crippen LogP contribution in [-0.2, 0) is 11.3 Å². The number of aromatic nitrogens is 2. The molecule has 1 fully saturated rings. The first kappa shape index (κ1) is 13.2. The highest BCUT2D eigenvalue weighted by Crippen LogP contribution is 2.15. The Morgan fingerprint density at radius 1 is 1.50 bits per heavy atom. The summed E-state index contributed by atoms with van der Waals surface area (Å²) < 4.78 is 4.95. The molecular weight excluding hydrogens is 232 g/mol. The van der Waals surface area contributed by atoms with Crippen LogP contribution >= 0.6 is 0 Å². The zero-order valence-electron chi connectivity index (χ0n) is 10.7. The number of ether oxygens (including phenoxy) is 1. The fourth-order valence-corrected chi connectivity index (χ4v) is 1.93. The molecule has 0 amide bonds. The van der Waals surface area contributed by atoms with E-state index in [1.165, 1.54) is 0 Å². The molecule has 0 spiro atoms. The van der Waals surface area contributed by atoms with Crippen molar-refractivity contribution in [3.05, 3.63) is 18.0 Å². The van der Waals surface area contributed by atoms with Gasteiger partial charge in [-0.15, -0.1) is 0 Å². The molecule has 2 rings (SSSR count). The Morgan fingerprint density at radius 3 is 2.89 bits per heavy atom. The van der Waals surface area contributed by atoms with E-state index in [-0.39, 0.29) is 6.10 Å². The lowest BCUT2D eigenvalue weighted by atomic mass is 10.3. The Morgan fingerprint density at radius 2 is 2.28 bits per heavy atom. The van der Waals surface area contributed by atoms with Crippen LogP contribution in [0.1, 0.15) is 12.0 Å². The molecule has 1 aliphatic rings.